The summed E-state index contributed by atoms with van der Waals surface area (Å²) < 4.78 is 35.4. The minimum atomic E-state index is -0.906. The smallest absolute Gasteiger partial charge is 0.336 e. The lowest BCUT2D eigenvalue weighted by Crippen LogP contribution is -2.20. The minimum Gasteiger partial charge on any atom is -0.493 e. The number of ether oxygens (including phenoxy) is 3. The number of benzene rings is 2. The second-order valence-corrected chi connectivity index (χ2v) is 6.30. The molecule has 0 saturated carbocycles. The molecule has 0 bridgehead atoms. The van der Waals surface area contributed by atoms with Crippen molar-refractivity contribution in [2.75, 3.05) is 20.8 Å². The molecule has 29 heavy (non-hydrogen) atoms. The van der Waals surface area contributed by atoms with Crippen LogP contribution >= 0.6 is 0 Å². The Bertz CT molecular complexity index is 1090. The van der Waals surface area contributed by atoms with Crippen molar-refractivity contribution in [2.45, 2.75) is 19.3 Å². The first-order valence-electron chi connectivity index (χ1n) is 9.08. The van der Waals surface area contributed by atoms with E-state index in [1.54, 1.807) is 37.3 Å². The van der Waals surface area contributed by atoms with E-state index in [2.05, 4.69) is 0 Å². The van der Waals surface area contributed by atoms with Gasteiger partial charge in [-0.1, -0.05) is 18.2 Å². The van der Waals surface area contributed by atoms with Gasteiger partial charge in [-0.05, 0) is 42.7 Å². The molecule has 6 nitrogen and oxygen atoms in total. The van der Waals surface area contributed by atoms with Crippen LogP contribution in [-0.4, -0.2) is 26.8 Å². The fraction of sp³-hybridized carbons (Fsp3) is 0.273. The number of hydrogen-bond acceptors (Lipinski definition) is 6. The van der Waals surface area contributed by atoms with Crippen LogP contribution in [0.5, 0.6) is 11.5 Å². The van der Waals surface area contributed by atoms with E-state index in [9.17, 15) is 14.0 Å². The summed E-state index contributed by atoms with van der Waals surface area (Å²) in [7, 11) is 2.89. The van der Waals surface area contributed by atoms with Gasteiger partial charge in [0.05, 0.1) is 26.7 Å². The second-order valence-electron chi connectivity index (χ2n) is 6.30. The third kappa shape index (κ3) is 4.08. The summed E-state index contributed by atoms with van der Waals surface area (Å²) in [6, 6.07) is 10.7. The monoisotopic (exact) mass is 400 g/mol. The molecule has 3 rings (SSSR count). The van der Waals surface area contributed by atoms with Crippen molar-refractivity contribution < 1.29 is 27.8 Å². The molecule has 1 atom stereocenters. The molecule has 0 aliphatic heterocycles. The third-order valence-electron chi connectivity index (χ3n) is 4.62. The zero-order valence-electron chi connectivity index (χ0n) is 16.4. The molecule has 0 saturated heterocycles. The van der Waals surface area contributed by atoms with Crippen LogP contribution in [-0.2, 0) is 16.0 Å². The molecule has 0 radical (unpaired) electrons. The van der Waals surface area contributed by atoms with Crippen molar-refractivity contribution in [3.05, 3.63) is 69.8 Å². The summed E-state index contributed by atoms with van der Waals surface area (Å²) in [5.41, 5.74) is 0.199. The van der Waals surface area contributed by atoms with E-state index in [4.69, 9.17) is 18.6 Å². The third-order valence-corrected chi connectivity index (χ3v) is 4.62. The Morgan fingerprint density at radius 2 is 1.90 bits per heavy atom. The summed E-state index contributed by atoms with van der Waals surface area (Å²) >= 11 is 0. The SMILES string of the molecule is CCOC(=O)[C@H](Cc1ccccc1F)c1cc(=O)oc2c(OC)c(OC)ccc12. The highest BCUT2D eigenvalue weighted by Gasteiger charge is 2.28. The van der Waals surface area contributed by atoms with Crippen LogP contribution in [0, 0.1) is 5.82 Å². The lowest BCUT2D eigenvalue weighted by Gasteiger charge is -2.19. The van der Waals surface area contributed by atoms with Crippen molar-refractivity contribution in [3.8, 4) is 11.5 Å². The number of carbonyl (C=O) groups is 1. The summed E-state index contributed by atoms with van der Waals surface area (Å²) in [6.07, 6.45) is 0.0262. The molecule has 0 aliphatic carbocycles. The average Bonchev–Trinajstić information content (AvgIpc) is 2.71. The van der Waals surface area contributed by atoms with Crippen LogP contribution in [0.25, 0.3) is 11.0 Å². The number of hydrogen-bond donors (Lipinski definition) is 0. The Morgan fingerprint density at radius 3 is 2.55 bits per heavy atom. The van der Waals surface area contributed by atoms with Gasteiger partial charge in [-0.25, -0.2) is 9.18 Å². The van der Waals surface area contributed by atoms with Gasteiger partial charge in [-0.15, -0.1) is 0 Å². The van der Waals surface area contributed by atoms with Gasteiger partial charge in [0, 0.05) is 11.5 Å². The quantitative estimate of drug-likeness (QED) is 0.443. The molecule has 3 aromatic rings. The molecule has 0 amide bonds. The van der Waals surface area contributed by atoms with Gasteiger partial charge < -0.3 is 18.6 Å². The molecular weight excluding hydrogens is 379 g/mol. The Labute approximate surface area is 166 Å². The Hall–Kier alpha value is -3.35. The first kappa shape index (κ1) is 20.4. The number of rotatable bonds is 7. The van der Waals surface area contributed by atoms with Crippen LogP contribution in [0.1, 0.15) is 24.0 Å². The van der Waals surface area contributed by atoms with Gasteiger partial charge >= 0.3 is 11.6 Å². The zero-order valence-corrected chi connectivity index (χ0v) is 16.4. The Balaban J connectivity index is 2.23. The lowest BCUT2D eigenvalue weighted by molar-refractivity contribution is -0.144. The predicted molar refractivity (Wildman–Crippen MR) is 105 cm³/mol. The number of methoxy groups -OCH3 is 2. The fourth-order valence-electron chi connectivity index (χ4n) is 3.30. The first-order chi connectivity index (χ1) is 14.0. The number of fused-ring (bicyclic) bond motifs is 1. The van der Waals surface area contributed by atoms with E-state index < -0.39 is 23.3 Å². The van der Waals surface area contributed by atoms with Crippen molar-refractivity contribution in [2.24, 2.45) is 0 Å². The van der Waals surface area contributed by atoms with Crippen molar-refractivity contribution in [1.29, 1.82) is 0 Å². The summed E-state index contributed by atoms with van der Waals surface area (Å²) in [4.78, 5) is 25.0. The Kier molecular flexibility index (Phi) is 6.16. The van der Waals surface area contributed by atoms with Crippen molar-refractivity contribution >= 4 is 16.9 Å². The molecule has 0 N–H and O–H groups in total. The van der Waals surface area contributed by atoms with E-state index >= 15 is 0 Å². The van der Waals surface area contributed by atoms with Crippen molar-refractivity contribution in [3.63, 3.8) is 0 Å². The molecule has 1 aromatic heterocycles. The van der Waals surface area contributed by atoms with Gasteiger partial charge in [0.2, 0.25) is 5.75 Å². The standard InChI is InChI=1S/C22H21FO6/c1-4-28-22(25)16(11-13-7-5-6-8-17(13)23)15-12-19(24)29-20-14(15)9-10-18(26-2)21(20)27-3/h5-10,12,16H,4,11H2,1-3H3/t16-/m1/s1. The highest BCUT2D eigenvalue weighted by atomic mass is 19.1. The van der Waals surface area contributed by atoms with E-state index in [0.717, 1.165) is 0 Å². The molecule has 2 aromatic carbocycles. The lowest BCUT2D eigenvalue weighted by atomic mass is 9.89. The predicted octanol–water partition coefficient (Wildman–Crippen LogP) is 3.84. The summed E-state index contributed by atoms with van der Waals surface area (Å²) in [5, 5.41) is 0.483. The molecule has 1 heterocycles. The zero-order chi connectivity index (χ0) is 21.0. The maximum absolute atomic E-state index is 14.3. The fourth-order valence-corrected chi connectivity index (χ4v) is 3.30. The molecule has 0 aliphatic rings. The Morgan fingerprint density at radius 1 is 1.14 bits per heavy atom. The van der Waals surface area contributed by atoms with E-state index in [-0.39, 0.29) is 24.4 Å². The van der Waals surface area contributed by atoms with Gasteiger partial charge in [0.15, 0.2) is 11.3 Å². The summed E-state index contributed by atoms with van der Waals surface area (Å²) in [6.45, 7) is 1.84. The first-order valence-corrected chi connectivity index (χ1v) is 9.08. The average molecular weight is 400 g/mol. The van der Waals surface area contributed by atoms with Crippen LogP contribution in [0.3, 0.4) is 0 Å². The molecule has 152 valence electrons. The molecule has 0 fully saturated rings. The molecule has 0 spiro atoms. The molecular formula is C22H21FO6. The van der Waals surface area contributed by atoms with Gasteiger partial charge in [-0.2, -0.15) is 0 Å². The highest BCUT2D eigenvalue weighted by Crippen LogP contribution is 2.38. The van der Waals surface area contributed by atoms with Gasteiger partial charge in [0.25, 0.3) is 0 Å². The van der Waals surface area contributed by atoms with Crippen LogP contribution < -0.4 is 15.1 Å². The van der Waals surface area contributed by atoms with Crippen molar-refractivity contribution in [1.82, 2.24) is 0 Å². The maximum Gasteiger partial charge on any atom is 0.336 e. The molecule has 0 unspecified atom stereocenters. The van der Waals surface area contributed by atoms with Crippen LogP contribution in [0.2, 0.25) is 0 Å². The highest BCUT2D eigenvalue weighted by molar-refractivity contribution is 5.92. The largest absolute Gasteiger partial charge is 0.493 e. The topological polar surface area (TPSA) is 75.0 Å². The van der Waals surface area contributed by atoms with Crippen LogP contribution in [0.15, 0.2) is 51.7 Å². The van der Waals surface area contributed by atoms with Gasteiger partial charge in [-0.3, -0.25) is 4.79 Å². The molecule has 7 heteroatoms. The van der Waals surface area contributed by atoms with Crippen LogP contribution in [0.4, 0.5) is 4.39 Å². The van der Waals surface area contributed by atoms with E-state index in [1.807, 2.05) is 0 Å². The number of halogens is 1. The summed E-state index contributed by atoms with van der Waals surface area (Å²) in [5.74, 6) is -1.29. The number of carbonyl (C=O) groups excluding carboxylic acids is 1. The normalized spacial score (nSPS) is 11.9. The minimum absolute atomic E-state index is 0.0262. The maximum atomic E-state index is 14.3. The number of esters is 1. The van der Waals surface area contributed by atoms with Gasteiger partial charge in [0.1, 0.15) is 5.82 Å². The second kappa shape index (κ2) is 8.77. The van der Waals surface area contributed by atoms with E-state index in [0.29, 0.717) is 22.3 Å². The van der Waals surface area contributed by atoms with E-state index in [1.165, 1.54) is 26.4 Å².